The Bertz CT molecular complexity index is 421. The van der Waals surface area contributed by atoms with Crippen LogP contribution in [0.15, 0.2) is 18.2 Å². The second kappa shape index (κ2) is 1.92. The molecule has 2 N–H and O–H groups in total. The molecule has 0 bridgehead atoms. The van der Waals surface area contributed by atoms with Crippen LogP contribution in [-0.2, 0) is 5.41 Å². The number of hydrogen-bond acceptors (Lipinski definition) is 0. The first kappa shape index (κ1) is 7.06. The van der Waals surface area contributed by atoms with Gasteiger partial charge in [-0.15, -0.1) is 0 Å². The van der Waals surface area contributed by atoms with Crippen LogP contribution < -0.4 is 4.99 Å². The zero-order valence-corrected chi connectivity index (χ0v) is 6.97. The Morgan fingerprint density at radius 1 is 1.38 bits per heavy atom. The van der Waals surface area contributed by atoms with Crippen molar-refractivity contribution in [1.29, 1.82) is 0 Å². The van der Waals surface area contributed by atoms with Gasteiger partial charge < -0.3 is 5.11 Å². The first-order chi connectivity index (χ1) is 6.24. The summed E-state index contributed by atoms with van der Waals surface area (Å²) < 4.78 is 13.4. The third-order valence-corrected chi connectivity index (χ3v) is 2.95. The lowest BCUT2D eigenvalue weighted by Gasteiger charge is -2.02. The molecule has 1 spiro atoms. The average molecular weight is 178 g/mol. The number of nitrogens with one attached hydrogen (secondary N) is 1. The molecule has 1 fully saturated rings. The highest BCUT2D eigenvalue weighted by Gasteiger charge is 2.60. The number of aliphatic hydroxyl groups excluding tert-OH is 1. The largest absolute Gasteiger partial charge is 0.463 e. The monoisotopic (exact) mass is 178 g/mol. The van der Waals surface area contributed by atoms with Gasteiger partial charge in [0.15, 0.2) is 0 Å². The average Bonchev–Trinajstić information content (AvgIpc) is 2.79. The fourth-order valence-corrected chi connectivity index (χ4v) is 2.09. The summed E-state index contributed by atoms with van der Waals surface area (Å²) in [4.78, 5) is 2.82. The SMILES string of the molecule is OC1=[NH+]c2cccc(F)c2C12CC2. The summed E-state index contributed by atoms with van der Waals surface area (Å²) in [6, 6.07) is 4.89. The Labute approximate surface area is 74.7 Å². The van der Waals surface area contributed by atoms with Gasteiger partial charge in [0.2, 0.25) is 5.69 Å². The number of halogens is 1. The molecule has 1 aromatic rings. The fraction of sp³-hybridized carbons (Fsp3) is 0.300. The molecule has 3 heteroatoms. The molecule has 3 rings (SSSR count). The lowest BCUT2D eigenvalue weighted by Crippen LogP contribution is -2.65. The highest BCUT2D eigenvalue weighted by Crippen LogP contribution is 2.52. The molecule has 1 saturated carbocycles. The number of fused-ring (bicyclic) bond motifs is 2. The van der Waals surface area contributed by atoms with Crippen molar-refractivity contribution < 1.29 is 14.5 Å². The first-order valence-corrected chi connectivity index (χ1v) is 4.36. The van der Waals surface area contributed by atoms with Crippen LogP contribution in [0.25, 0.3) is 0 Å². The van der Waals surface area contributed by atoms with Crippen LogP contribution in [0.3, 0.4) is 0 Å². The maximum Gasteiger partial charge on any atom is 0.349 e. The zero-order chi connectivity index (χ0) is 9.05. The summed E-state index contributed by atoms with van der Waals surface area (Å²) in [6.45, 7) is 0. The van der Waals surface area contributed by atoms with Gasteiger partial charge in [-0.25, -0.2) is 4.39 Å². The minimum atomic E-state index is -0.388. The molecule has 1 aliphatic heterocycles. The van der Waals surface area contributed by atoms with E-state index in [1.54, 1.807) is 12.1 Å². The highest BCUT2D eigenvalue weighted by molar-refractivity contribution is 5.90. The van der Waals surface area contributed by atoms with Crippen LogP contribution in [0.1, 0.15) is 18.4 Å². The molecule has 0 aromatic heterocycles. The second-order valence-corrected chi connectivity index (χ2v) is 3.72. The lowest BCUT2D eigenvalue weighted by atomic mass is 9.96. The van der Waals surface area contributed by atoms with E-state index >= 15 is 0 Å². The van der Waals surface area contributed by atoms with Gasteiger partial charge in [-0.2, -0.15) is 4.99 Å². The first-order valence-electron chi connectivity index (χ1n) is 4.36. The van der Waals surface area contributed by atoms with Crippen molar-refractivity contribution in [2.75, 3.05) is 0 Å². The van der Waals surface area contributed by atoms with Gasteiger partial charge in [-0.3, -0.25) is 0 Å². The van der Waals surface area contributed by atoms with E-state index in [4.69, 9.17) is 0 Å². The standard InChI is InChI=1S/C10H8FNO/c11-6-2-1-3-7-8(6)10(4-5-10)9(13)12-7/h1-3H,4-5H2,(H,12,13)/p+1. The molecule has 0 unspecified atom stereocenters. The summed E-state index contributed by atoms with van der Waals surface area (Å²) in [5, 5.41) is 9.60. The highest BCUT2D eigenvalue weighted by atomic mass is 19.1. The topological polar surface area (TPSA) is 34.2 Å². The smallest absolute Gasteiger partial charge is 0.349 e. The number of rotatable bonds is 0. The van der Waals surface area contributed by atoms with Crippen molar-refractivity contribution in [1.82, 2.24) is 0 Å². The van der Waals surface area contributed by atoms with E-state index in [-0.39, 0.29) is 17.1 Å². The third kappa shape index (κ3) is 0.698. The van der Waals surface area contributed by atoms with Gasteiger partial charge in [0.1, 0.15) is 11.2 Å². The molecule has 2 aliphatic rings. The molecule has 0 saturated heterocycles. The molecule has 0 radical (unpaired) electrons. The molecule has 0 amide bonds. The molecule has 66 valence electrons. The van der Waals surface area contributed by atoms with Gasteiger partial charge in [-0.05, 0) is 18.9 Å². The van der Waals surface area contributed by atoms with Crippen LogP contribution >= 0.6 is 0 Å². The Hall–Kier alpha value is -1.38. The van der Waals surface area contributed by atoms with Crippen LogP contribution in [-0.4, -0.2) is 11.0 Å². The summed E-state index contributed by atoms with van der Waals surface area (Å²) in [5.74, 6) is -0.000787. The van der Waals surface area contributed by atoms with E-state index in [0.29, 0.717) is 5.56 Å². The van der Waals surface area contributed by atoms with Crippen LogP contribution in [0.4, 0.5) is 10.1 Å². The normalized spacial score (nSPS) is 21.5. The van der Waals surface area contributed by atoms with E-state index < -0.39 is 0 Å². The van der Waals surface area contributed by atoms with Gasteiger partial charge in [0, 0.05) is 6.07 Å². The second-order valence-electron chi connectivity index (χ2n) is 3.72. The van der Waals surface area contributed by atoms with Crippen LogP contribution in [0.2, 0.25) is 0 Å². The minimum absolute atomic E-state index is 0.215. The maximum absolute atomic E-state index is 13.4. The van der Waals surface area contributed by atoms with E-state index in [2.05, 4.69) is 4.99 Å². The van der Waals surface area contributed by atoms with E-state index in [0.717, 1.165) is 18.5 Å². The van der Waals surface area contributed by atoms with E-state index in [1.165, 1.54) is 6.07 Å². The number of aliphatic hydroxyl groups is 1. The maximum atomic E-state index is 13.4. The molecule has 13 heavy (non-hydrogen) atoms. The minimum Gasteiger partial charge on any atom is -0.463 e. The Morgan fingerprint density at radius 2 is 2.15 bits per heavy atom. The Balaban J connectivity index is 2.31. The number of hydrogen-bond donors (Lipinski definition) is 2. The predicted octanol–water partition coefficient (Wildman–Crippen LogP) is 0.540. The fourth-order valence-electron chi connectivity index (χ4n) is 2.09. The predicted molar refractivity (Wildman–Crippen MR) is 45.6 cm³/mol. The summed E-state index contributed by atoms with van der Waals surface area (Å²) >= 11 is 0. The van der Waals surface area contributed by atoms with Crippen molar-refractivity contribution in [2.45, 2.75) is 18.3 Å². The van der Waals surface area contributed by atoms with Gasteiger partial charge >= 0.3 is 5.90 Å². The van der Waals surface area contributed by atoms with Crippen molar-refractivity contribution in [3.8, 4) is 0 Å². The molecular weight excluding hydrogens is 169 g/mol. The summed E-state index contributed by atoms with van der Waals surface area (Å²) in [5.41, 5.74) is 0.975. The van der Waals surface area contributed by atoms with Gasteiger partial charge in [-0.1, -0.05) is 6.07 Å². The summed E-state index contributed by atoms with van der Waals surface area (Å²) in [6.07, 6.45) is 1.69. The van der Waals surface area contributed by atoms with Gasteiger partial charge in [0.05, 0.1) is 5.56 Å². The Kier molecular flexibility index (Phi) is 1.04. The van der Waals surface area contributed by atoms with Crippen molar-refractivity contribution in [2.24, 2.45) is 0 Å². The van der Waals surface area contributed by atoms with Crippen molar-refractivity contribution >= 4 is 11.6 Å². The molecule has 2 nitrogen and oxygen atoms in total. The van der Waals surface area contributed by atoms with E-state index in [9.17, 15) is 9.50 Å². The lowest BCUT2D eigenvalue weighted by molar-refractivity contribution is -0.362. The quantitative estimate of drug-likeness (QED) is 0.597. The zero-order valence-electron chi connectivity index (χ0n) is 6.97. The van der Waals surface area contributed by atoms with Crippen molar-refractivity contribution in [3.05, 3.63) is 29.6 Å². The number of benzene rings is 1. The van der Waals surface area contributed by atoms with E-state index in [1.807, 2.05) is 0 Å². The van der Waals surface area contributed by atoms with Crippen LogP contribution in [0.5, 0.6) is 0 Å². The van der Waals surface area contributed by atoms with Crippen molar-refractivity contribution in [3.63, 3.8) is 0 Å². The molecule has 1 aromatic carbocycles. The third-order valence-electron chi connectivity index (χ3n) is 2.95. The van der Waals surface area contributed by atoms with Gasteiger partial charge in [0.25, 0.3) is 0 Å². The molecule has 0 atom stereocenters. The molecule has 1 heterocycles. The Morgan fingerprint density at radius 3 is 2.85 bits per heavy atom. The molecular formula is C10H9FNO+. The molecule has 1 aliphatic carbocycles. The van der Waals surface area contributed by atoms with Crippen LogP contribution in [0, 0.1) is 5.82 Å². The summed E-state index contributed by atoms with van der Waals surface area (Å²) in [7, 11) is 0.